The molecule has 0 bridgehead atoms. The van der Waals surface area contributed by atoms with Crippen LogP contribution < -0.4 is 10.6 Å². The summed E-state index contributed by atoms with van der Waals surface area (Å²) in [7, 11) is 0. The van der Waals surface area contributed by atoms with Crippen molar-refractivity contribution in [2.24, 2.45) is 0 Å². The fourth-order valence-electron chi connectivity index (χ4n) is 4.90. The lowest BCUT2D eigenvalue weighted by Crippen LogP contribution is -2.48. The van der Waals surface area contributed by atoms with Crippen LogP contribution in [0.25, 0.3) is 0 Å². The largest absolute Gasteiger partial charge is 0.391 e. The van der Waals surface area contributed by atoms with Crippen LogP contribution in [0.15, 0.2) is 78.9 Å². The molecule has 1 saturated heterocycles. The van der Waals surface area contributed by atoms with Crippen LogP contribution in [0.4, 0.5) is 0 Å². The van der Waals surface area contributed by atoms with Crippen LogP contribution in [-0.2, 0) is 11.2 Å². The molecule has 2 unspecified atom stereocenters. The maximum Gasteiger partial charge on any atom is 0.221 e. The summed E-state index contributed by atoms with van der Waals surface area (Å²) in [5.41, 5.74) is 3.09. The zero-order valence-corrected chi connectivity index (χ0v) is 22.5. The van der Waals surface area contributed by atoms with Gasteiger partial charge in [0.25, 0.3) is 0 Å². The second-order valence-corrected chi connectivity index (χ2v) is 10.5. The normalized spacial score (nSPS) is 15.9. The number of rotatable bonds is 11. The molecule has 1 amide bonds. The van der Waals surface area contributed by atoms with Crippen molar-refractivity contribution in [3.63, 3.8) is 0 Å². The number of piperazine rings is 1. The molecule has 3 aromatic rings. The molecule has 0 radical (unpaired) electrons. The molecular weight excluding hydrogens is 505 g/mol. The number of amides is 1. The molecule has 196 valence electrons. The Morgan fingerprint density at radius 2 is 1.54 bits per heavy atom. The highest BCUT2D eigenvalue weighted by molar-refractivity contribution is 6.42. The SMILES string of the molecule is O=C(CC(c1ccccc1)c1ccccc1)NC(Cc1ccc(Cl)c(Cl)c1)C(O)CCN1CCNCC1. The van der Waals surface area contributed by atoms with E-state index in [0.717, 1.165) is 49.4 Å². The number of aliphatic hydroxyl groups is 1. The van der Waals surface area contributed by atoms with E-state index in [-0.39, 0.29) is 18.2 Å². The molecule has 0 saturated carbocycles. The molecule has 37 heavy (non-hydrogen) atoms. The number of nitrogens with one attached hydrogen (secondary N) is 2. The molecule has 1 fully saturated rings. The molecule has 1 heterocycles. The number of carbonyl (C=O) groups excluding carboxylic acids is 1. The van der Waals surface area contributed by atoms with Crippen LogP contribution in [0.5, 0.6) is 0 Å². The lowest BCUT2D eigenvalue weighted by atomic mass is 9.88. The van der Waals surface area contributed by atoms with E-state index in [1.165, 1.54) is 0 Å². The number of benzene rings is 3. The average molecular weight is 541 g/mol. The quantitative estimate of drug-likeness (QED) is 0.324. The molecule has 5 nitrogen and oxygen atoms in total. The van der Waals surface area contributed by atoms with Gasteiger partial charge >= 0.3 is 0 Å². The summed E-state index contributed by atoms with van der Waals surface area (Å²) in [5.74, 6) is -0.171. The number of hydrogen-bond acceptors (Lipinski definition) is 4. The van der Waals surface area contributed by atoms with Gasteiger partial charge in [0, 0.05) is 45.1 Å². The third-order valence-electron chi connectivity index (χ3n) is 6.99. The summed E-state index contributed by atoms with van der Waals surface area (Å²) in [6, 6.07) is 25.2. The van der Waals surface area contributed by atoms with Crippen molar-refractivity contribution in [3.05, 3.63) is 106 Å². The van der Waals surface area contributed by atoms with Gasteiger partial charge in [-0.1, -0.05) is 89.9 Å². The van der Waals surface area contributed by atoms with E-state index in [1.807, 2.05) is 48.5 Å². The molecular formula is C30H35Cl2N3O2. The lowest BCUT2D eigenvalue weighted by Gasteiger charge is -2.30. The van der Waals surface area contributed by atoms with Gasteiger partial charge in [0.05, 0.1) is 22.2 Å². The van der Waals surface area contributed by atoms with Crippen LogP contribution in [0.2, 0.25) is 10.0 Å². The van der Waals surface area contributed by atoms with Crippen molar-refractivity contribution < 1.29 is 9.90 Å². The maximum absolute atomic E-state index is 13.4. The van der Waals surface area contributed by atoms with Gasteiger partial charge in [-0.25, -0.2) is 0 Å². The van der Waals surface area contributed by atoms with E-state index >= 15 is 0 Å². The van der Waals surface area contributed by atoms with Crippen molar-refractivity contribution in [1.29, 1.82) is 0 Å². The first-order valence-electron chi connectivity index (χ1n) is 12.9. The van der Waals surface area contributed by atoms with E-state index in [9.17, 15) is 9.90 Å². The van der Waals surface area contributed by atoms with E-state index < -0.39 is 12.1 Å². The lowest BCUT2D eigenvalue weighted by molar-refractivity contribution is -0.123. The van der Waals surface area contributed by atoms with Crippen LogP contribution >= 0.6 is 23.2 Å². The number of carbonyl (C=O) groups is 1. The molecule has 1 aliphatic heterocycles. The van der Waals surface area contributed by atoms with Gasteiger partial charge < -0.3 is 20.6 Å². The van der Waals surface area contributed by atoms with E-state index in [2.05, 4.69) is 39.8 Å². The van der Waals surface area contributed by atoms with Gasteiger partial charge in [-0.2, -0.15) is 0 Å². The molecule has 0 spiro atoms. The Kier molecular flexibility index (Phi) is 10.4. The minimum Gasteiger partial charge on any atom is -0.391 e. The van der Waals surface area contributed by atoms with Crippen LogP contribution in [0.1, 0.15) is 35.4 Å². The number of aliphatic hydroxyl groups excluding tert-OH is 1. The summed E-state index contributed by atoms with van der Waals surface area (Å²) in [5, 5.41) is 18.7. The molecule has 3 N–H and O–H groups in total. The Balaban J connectivity index is 1.48. The first-order chi connectivity index (χ1) is 18.0. The van der Waals surface area contributed by atoms with Crippen molar-refractivity contribution >= 4 is 29.1 Å². The highest BCUT2D eigenvalue weighted by Gasteiger charge is 2.25. The summed E-state index contributed by atoms with van der Waals surface area (Å²) in [4.78, 5) is 15.8. The summed E-state index contributed by atoms with van der Waals surface area (Å²) >= 11 is 12.4. The maximum atomic E-state index is 13.4. The molecule has 1 aliphatic rings. The fourth-order valence-corrected chi connectivity index (χ4v) is 5.23. The summed E-state index contributed by atoms with van der Waals surface area (Å²) in [6.07, 6.45) is 0.635. The Morgan fingerprint density at radius 1 is 0.919 bits per heavy atom. The van der Waals surface area contributed by atoms with Gasteiger partial charge in [0.1, 0.15) is 0 Å². The van der Waals surface area contributed by atoms with E-state index in [0.29, 0.717) is 22.9 Å². The highest BCUT2D eigenvalue weighted by Crippen LogP contribution is 2.28. The van der Waals surface area contributed by atoms with Gasteiger partial charge in [0.15, 0.2) is 0 Å². The van der Waals surface area contributed by atoms with Crippen LogP contribution in [-0.4, -0.2) is 60.8 Å². The highest BCUT2D eigenvalue weighted by atomic mass is 35.5. The van der Waals surface area contributed by atoms with E-state index in [1.54, 1.807) is 6.07 Å². The standard InChI is InChI=1S/C30H35Cl2N3O2/c31-26-12-11-22(19-27(26)32)20-28(29(36)13-16-35-17-14-33-15-18-35)34-30(37)21-25(23-7-3-1-4-8-23)24-9-5-2-6-10-24/h1-12,19,25,28-29,33,36H,13-18,20-21H2,(H,34,37). The minimum atomic E-state index is -0.694. The fraction of sp³-hybridized carbons (Fsp3) is 0.367. The number of hydrogen-bond donors (Lipinski definition) is 3. The van der Waals surface area contributed by atoms with Crippen molar-refractivity contribution in [3.8, 4) is 0 Å². The first kappa shape index (κ1) is 27.6. The van der Waals surface area contributed by atoms with E-state index in [4.69, 9.17) is 23.2 Å². The zero-order chi connectivity index (χ0) is 26.0. The average Bonchev–Trinajstić information content (AvgIpc) is 2.93. The number of nitrogens with zero attached hydrogens (tertiary/aromatic N) is 1. The summed E-state index contributed by atoms with van der Waals surface area (Å²) in [6.45, 7) is 4.63. The monoisotopic (exact) mass is 539 g/mol. The minimum absolute atomic E-state index is 0.0778. The molecule has 0 aromatic heterocycles. The third-order valence-corrected chi connectivity index (χ3v) is 7.73. The second kappa shape index (κ2) is 13.9. The summed E-state index contributed by atoms with van der Waals surface area (Å²) < 4.78 is 0. The predicted octanol–water partition coefficient (Wildman–Crippen LogP) is 4.90. The van der Waals surface area contributed by atoms with Crippen molar-refractivity contribution in [2.75, 3.05) is 32.7 Å². The van der Waals surface area contributed by atoms with Gasteiger partial charge in [-0.3, -0.25) is 4.79 Å². The van der Waals surface area contributed by atoms with Gasteiger partial charge in [-0.15, -0.1) is 0 Å². The molecule has 2 atom stereocenters. The first-order valence-corrected chi connectivity index (χ1v) is 13.7. The third kappa shape index (κ3) is 8.29. The Labute approximate surface area is 229 Å². The molecule has 4 rings (SSSR count). The smallest absolute Gasteiger partial charge is 0.221 e. The van der Waals surface area contributed by atoms with Crippen molar-refractivity contribution in [2.45, 2.75) is 37.3 Å². The molecule has 0 aliphatic carbocycles. The van der Waals surface area contributed by atoms with Crippen LogP contribution in [0, 0.1) is 0 Å². The Bertz CT molecular complexity index is 1080. The second-order valence-electron chi connectivity index (χ2n) is 9.65. The molecule has 3 aromatic carbocycles. The number of halogens is 2. The topological polar surface area (TPSA) is 64.6 Å². The van der Waals surface area contributed by atoms with Gasteiger partial charge in [-0.05, 0) is 41.7 Å². The Hall–Kier alpha value is -2.41. The molecule has 7 heteroatoms. The van der Waals surface area contributed by atoms with Gasteiger partial charge in [0.2, 0.25) is 5.91 Å². The zero-order valence-electron chi connectivity index (χ0n) is 21.0. The van der Waals surface area contributed by atoms with Crippen molar-refractivity contribution in [1.82, 2.24) is 15.5 Å². The van der Waals surface area contributed by atoms with Crippen LogP contribution in [0.3, 0.4) is 0 Å². The Morgan fingerprint density at radius 3 is 2.14 bits per heavy atom. The predicted molar refractivity (Wildman–Crippen MR) is 151 cm³/mol.